The molecule has 2 amide bonds. The van der Waals surface area contributed by atoms with Gasteiger partial charge in [0.05, 0.1) is 55.1 Å². The number of ether oxygens (including phenoxy) is 2. The molecule has 3 heterocycles. The molecule has 1 aliphatic carbocycles. The second-order valence-corrected chi connectivity index (χ2v) is 8.90. The molecule has 39 heavy (non-hydrogen) atoms. The number of anilines is 1. The largest absolute Gasteiger partial charge is 0.508 e. The fourth-order valence-electron chi connectivity index (χ4n) is 4.52. The van der Waals surface area contributed by atoms with E-state index >= 15 is 0 Å². The number of nitrogens with zero attached hydrogens (tertiary/aromatic N) is 3. The van der Waals surface area contributed by atoms with Gasteiger partial charge in [0.25, 0.3) is 0 Å². The van der Waals surface area contributed by atoms with E-state index in [4.69, 9.17) is 9.47 Å². The van der Waals surface area contributed by atoms with E-state index in [0.717, 1.165) is 44.0 Å². The number of hydrogen-bond donors (Lipinski definition) is 4. The van der Waals surface area contributed by atoms with E-state index in [0.29, 0.717) is 54.6 Å². The van der Waals surface area contributed by atoms with Gasteiger partial charge in [-0.25, -0.2) is 9.80 Å². The molecule has 0 atom stereocenters. The van der Waals surface area contributed by atoms with Gasteiger partial charge in [0.15, 0.2) is 5.78 Å². The molecular weight excluding hydrogens is 500 g/mol. The van der Waals surface area contributed by atoms with Crippen LogP contribution in [-0.4, -0.2) is 89.6 Å². The van der Waals surface area contributed by atoms with Crippen molar-refractivity contribution in [2.24, 2.45) is 0 Å². The Morgan fingerprint density at radius 3 is 2.38 bits per heavy atom. The molecule has 2 fully saturated rings. The summed E-state index contributed by atoms with van der Waals surface area (Å²) in [5, 5.41) is 20.9. The van der Waals surface area contributed by atoms with Gasteiger partial charge >= 0.3 is 6.03 Å². The summed E-state index contributed by atoms with van der Waals surface area (Å²) in [5.74, 6) is 0.255. The molecule has 0 radical (unpaired) electrons. The summed E-state index contributed by atoms with van der Waals surface area (Å²) in [4.78, 5) is 26.9. The number of carbonyl (C=O) groups excluding carboxylic acids is 2. The molecule has 1 aromatic heterocycles. The lowest BCUT2D eigenvalue weighted by Gasteiger charge is -2.27. The predicted molar refractivity (Wildman–Crippen MR) is 148 cm³/mol. The van der Waals surface area contributed by atoms with Crippen molar-refractivity contribution in [2.45, 2.75) is 20.4 Å². The number of urea groups is 1. The number of para-hydroxylation sites is 1. The van der Waals surface area contributed by atoms with Crippen molar-refractivity contribution in [1.29, 1.82) is 0 Å². The number of hydrazine groups is 1. The van der Waals surface area contributed by atoms with Crippen LogP contribution in [0.4, 0.5) is 10.5 Å². The smallest absolute Gasteiger partial charge is 0.333 e. The number of amides is 2. The van der Waals surface area contributed by atoms with Crippen molar-refractivity contribution in [1.82, 2.24) is 25.5 Å². The van der Waals surface area contributed by atoms with Crippen LogP contribution < -0.4 is 10.7 Å². The number of aromatic nitrogens is 2. The van der Waals surface area contributed by atoms with E-state index in [1.807, 2.05) is 38.1 Å². The molecule has 0 unspecified atom stereocenters. The van der Waals surface area contributed by atoms with Crippen LogP contribution >= 0.6 is 0 Å². The zero-order valence-electron chi connectivity index (χ0n) is 22.4. The Balaban J connectivity index is 0.000000189. The SMILES string of the molecule is CC.O=C(Nc1cccc2c1C(=O)c1cn[nH]c1-2)NN1CCOCC1.Oc1ccccc1CN1CCOCC1. The number of hydrogen-bond acceptors (Lipinski definition) is 8. The normalized spacial score (nSPS) is 16.6. The first-order chi connectivity index (χ1) is 19.1. The monoisotopic (exact) mass is 536 g/mol. The number of morpholine rings is 2. The topological polar surface area (TPSA) is 132 Å². The summed E-state index contributed by atoms with van der Waals surface area (Å²) in [6.45, 7) is 10.8. The fourth-order valence-corrected chi connectivity index (χ4v) is 4.52. The molecule has 208 valence electrons. The maximum absolute atomic E-state index is 12.5. The summed E-state index contributed by atoms with van der Waals surface area (Å²) in [5.41, 5.74) is 6.72. The van der Waals surface area contributed by atoms with E-state index in [-0.39, 0.29) is 11.8 Å². The second kappa shape index (κ2) is 13.9. The standard InChI is InChI=1S/C15H15N5O3.C11H15NO2.C2H6/c21-14-10-8-16-18-13(10)9-2-1-3-11(12(9)14)17-15(22)19-20-4-6-23-7-5-20;13-11-4-2-1-3-10(11)9-12-5-7-14-8-6-12;1-2/h1-3,8H,4-7H2,(H,16,18)(H2,17,19,22);1-4,13H,5-9H2;1-2H3. The maximum Gasteiger partial charge on any atom is 0.333 e. The fraction of sp³-hybridized carbons (Fsp3) is 0.393. The number of benzene rings is 2. The highest BCUT2D eigenvalue weighted by Crippen LogP contribution is 2.38. The third-order valence-corrected chi connectivity index (χ3v) is 6.45. The molecule has 0 saturated carbocycles. The van der Waals surface area contributed by atoms with E-state index < -0.39 is 0 Å². The van der Waals surface area contributed by atoms with E-state index in [1.165, 1.54) is 6.20 Å². The minimum Gasteiger partial charge on any atom is -0.508 e. The van der Waals surface area contributed by atoms with Gasteiger partial charge in [-0.2, -0.15) is 5.10 Å². The van der Waals surface area contributed by atoms with Gasteiger partial charge in [0.1, 0.15) is 5.75 Å². The number of aromatic hydroxyl groups is 1. The Morgan fingerprint density at radius 1 is 0.974 bits per heavy atom. The highest BCUT2D eigenvalue weighted by Gasteiger charge is 2.31. The van der Waals surface area contributed by atoms with Gasteiger partial charge in [0.2, 0.25) is 0 Å². The van der Waals surface area contributed by atoms with Gasteiger partial charge in [-0.3, -0.25) is 20.2 Å². The van der Waals surface area contributed by atoms with E-state index in [9.17, 15) is 14.7 Å². The van der Waals surface area contributed by atoms with E-state index in [2.05, 4.69) is 25.8 Å². The zero-order chi connectivity index (χ0) is 27.6. The highest BCUT2D eigenvalue weighted by molar-refractivity contribution is 6.24. The molecule has 11 nitrogen and oxygen atoms in total. The molecular formula is C28H36N6O5. The van der Waals surface area contributed by atoms with Crippen LogP contribution in [0.2, 0.25) is 0 Å². The Labute approximate surface area is 228 Å². The third-order valence-electron chi connectivity index (χ3n) is 6.45. The first kappa shape index (κ1) is 28.2. The van der Waals surface area contributed by atoms with Crippen molar-refractivity contribution in [3.8, 4) is 17.0 Å². The molecule has 3 aromatic rings. The lowest BCUT2D eigenvalue weighted by atomic mass is 10.1. The lowest BCUT2D eigenvalue weighted by molar-refractivity contribution is 0.0207. The van der Waals surface area contributed by atoms with Crippen molar-refractivity contribution in [3.05, 3.63) is 65.4 Å². The van der Waals surface area contributed by atoms with Crippen molar-refractivity contribution < 1.29 is 24.2 Å². The molecule has 11 heteroatoms. The Kier molecular flexibility index (Phi) is 10.0. The molecule has 0 spiro atoms. The molecule has 2 aliphatic heterocycles. The quantitative estimate of drug-likeness (QED) is 0.313. The summed E-state index contributed by atoms with van der Waals surface area (Å²) in [7, 11) is 0. The van der Waals surface area contributed by atoms with Gasteiger partial charge < -0.3 is 19.9 Å². The first-order valence-corrected chi connectivity index (χ1v) is 13.3. The number of H-pyrrole nitrogens is 1. The number of aromatic amines is 1. The molecule has 2 saturated heterocycles. The molecule has 6 rings (SSSR count). The average molecular weight is 537 g/mol. The van der Waals surface area contributed by atoms with Crippen molar-refractivity contribution in [3.63, 3.8) is 0 Å². The summed E-state index contributed by atoms with van der Waals surface area (Å²) >= 11 is 0. The molecule has 4 N–H and O–H groups in total. The van der Waals surface area contributed by atoms with E-state index in [1.54, 1.807) is 23.2 Å². The van der Waals surface area contributed by atoms with Gasteiger partial charge in [-0.15, -0.1) is 0 Å². The van der Waals surface area contributed by atoms with Gasteiger partial charge in [0, 0.05) is 43.9 Å². The molecule has 0 bridgehead atoms. The predicted octanol–water partition coefficient (Wildman–Crippen LogP) is 3.24. The summed E-state index contributed by atoms with van der Waals surface area (Å²) in [6, 6.07) is 12.5. The van der Waals surface area contributed by atoms with Crippen molar-refractivity contribution in [2.75, 3.05) is 57.9 Å². The summed E-state index contributed by atoms with van der Waals surface area (Å²) in [6.07, 6.45) is 1.51. The highest BCUT2D eigenvalue weighted by atomic mass is 16.5. The van der Waals surface area contributed by atoms with Crippen LogP contribution in [0.15, 0.2) is 48.7 Å². The lowest BCUT2D eigenvalue weighted by Crippen LogP contribution is -2.49. The molecule has 3 aliphatic rings. The Bertz CT molecular complexity index is 1250. The van der Waals surface area contributed by atoms with Crippen LogP contribution in [0.25, 0.3) is 11.3 Å². The second-order valence-electron chi connectivity index (χ2n) is 8.90. The zero-order valence-corrected chi connectivity index (χ0v) is 22.4. The minimum atomic E-state index is -0.373. The van der Waals surface area contributed by atoms with Gasteiger partial charge in [-0.05, 0) is 12.1 Å². The Morgan fingerprint density at radius 2 is 1.67 bits per heavy atom. The Hall–Kier alpha value is -3.77. The number of fused-ring (bicyclic) bond motifs is 3. The van der Waals surface area contributed by atoms with Crippen LogP contribution in [0, 0.1) is 0 Å². The van der Waals surface area contributed by atoms with Crippen LogP contribution in [0.5, 0.6) is 5.75 Å². The minimum absolute atomic E-state index is 0.133. The summed E-state index contributed by atoms with van der Waals surface area (Å²) < 4.78 is 10.5. The maximum atomic E-state index is 12.5. The number of carbonyl (C=O) groups is 2. The average Bonchev–Trinajstić information content (AvgIpc) is 3.56. The van der Waals surface area contributed by atoms with Crippen LogP contribution in [-0.2, 0) is 16.0 Å². The van der Waals surface area contributed by atoms with Crippen LogP contribution in [0.3, 0.4) is 0 Å². The number of phenolic OH excluding ortho intramolecular Hbond substituents is 1. The van der Waals surface area contributed by atoms with Gasteiger partial charge in [-0.1, -0.05) is 44.2 Å². The van der Waals surface area contributed by atoms with Crippen LogP contribution in [0.1, 0.15) is 35.3 Å². The third kappa shape index (κ3) is 7.01. The number of phenols is 1. The molecule has 2 aromatic carbocycles. The number of nitrogens with one attached hydrogen (secondary N) is 3. The first-order valence-electron chi connectivity index (χ1n) is 13.3. The number of rotatable bonds is 4. The van der Waals surface area contributed by atoms with Crippen molar-refractivity contribution >= 4 is 17.5 Å². The number of ketones is 1.